The van der Waals surface area contributed by atoms with Crippen LogP contribution in [0.1, 0.15) is 5.56 Å². The summed E-state index contributed by atoms with van der Waals surface area (Å²) < 4.78 is 0. The van der Waals surface area contributed by atoms with Crippen molar-refractivity contribution in [3.8, 4) is 6.07 Å². The number of nitriles is 1. The Morgan fingerprint density at radius 1 is 1.48 bits per heavy atom. The monoisotopic (exact) mass is 289 g/mol. The van der Waals surface area contributed by atoms with Crippen LogP contribution in [-0.2, 0) is 4.79 Å². The van der Waals surface area contributed by atoms with Crippen LogP contribution in [-0.4, -0.2) is 48.5 Å². The van der Waals surface area contributed by atoms with Gasteiger partial charge in [-0.3, -0.25) is 19.8 Å². The van der Waals surface area contributed by atoms with E-state index in [0.29, 0.717) is 5.69 Å². The Kier molecular flexibility index (Phi) is 4.81. The average molecular weight is 289 g/mol. The number of hydrogen-bond donors (Lipinski definition) is 2. The molecular weight excluding hydrogens is 274 g/mol. The van der Waals surface area contributed by atoms with E-state index in [0.717, 1.165) is 32.2 Å². The molecule has 1 fully saturated rings. The third kappa shape index (κ3) is 3.98. The molecule has 8 heteroatoms. The summed E-state index contributed by atoms with van der Waals surface area (Å²) >= 11 is 0. The van der Waals surface area contributed by atoms with Crippen molar-refractivity contribution in [2.75, 3.05) is 38.0 Å². The number of piperazine rings is 1. The largest absolute Gasteiger partial charge is 0.324 e. The Labute approximate surface area is 121 Å². The van der Waals surface area contributed by atoms with E-state index in [1.54, 1.807) is 0 Å². The van der Waals surface area contributed by atoms with E-state index in [-0.39, 0.29) is 23.7 Å². The van der Waals surface area contributed by atoms with Gasteiger partial charge in [-0.2, -0.15) is 5.26 Å². The number of carbonyl (C=O) groups excluding carboxylic acids is 1. The van der Waals surface area contributed by atoms with Crippen molar-refractivity contribution in [2.45, 2.75) is 0 Å². The number of hydrogen-bond acceptors (Lipinski definition) is 6. The molecule has 110 valence electrons. The minimum Gasteiger partial charge on any atom is -0.324 e. The van der Waals surface area contributed by atoms with Crippen LogP contribution in [0.4, 0.5) is 11.4 Å². The van der Waals surface area contributed by atoms with Gasteiger partial charge in [0, 0.05) is 38.3 Å². The number of anilines is 1. The normalized spacial score (nSPS) is 15.2. The van der Waals surface area contributed by atoms with E-state index < -0.39 is 4.92 Å². The van der Waals surface area contributed by atoms with Crippen LogP contribution in [0.25, 0.3) is 0 Å². The summed E-state index contributed by atoms with van der Waals surface area (Å²) in [4.78, 5) is 24.0. The molecule has 2 N–H and O–H groups in total. The van der Waals surface area contributed by atoms with Gasteiger partial charge in [0.1, 0.15) is 6.07 Å². The molecule has 1 aliphatic heterocycles. The summed E-state index contributed by atoms with van der Waals surface area (Å²) in [5.74, 6) is -0.234. The SMILES string of the molecule is N#Cc1cc([N+](=O)[O-])ccc1NC(=O)CN1CCNCC1. The zero-order chi connectivity index (χ0) is 15.2. The van der Waals surface area contributed by atoms with Gasteiger partial charge in [-0.15, -0.1) is 0 Å². The molecule has 1 aromatic carbocycles. The Balaban J connectivity index is 2.03. The molecule has 1 aliphatic rings. The molecule has 1 aromatic rings. The molecule has 0 bridgehead atoms. The quantitative estimate of drug-likeness (QED) is 0.609. The third-order valence-corrected chi connectivity index (χ3v) is 3.19. The highest BCUT2D eigenvalue weighted by molar-refractivity contribution is 5.93. The molecule has 1 heterocycles. The first-order valence-corrected chi connectivity index (χ1v) is 6.51. The minimum atomic E-state index is -0.576. The molecule has 0 unspecified atom stereocenters. The van der Waals surface area contributed by atoms with Crippen molar-refractivity contribution >= 4 is 17.3 Å². The van der Waals surface area contributed by atoms with Gasteiger partial charge in [0.25, 0.3) is 5.69 Å². The molecule has 0 aromatic heterocycles. The Morgan fingerprint density at radius 2 is 2.19 bits per heavy atom. The maximum absolute atomic E-state index is 12.0. The summed E-state index contributed by atoms with van der Waals surface area (Å²) in [6.07, 6.45) is 0. The first-order valence-electron chi connectivity index (χ1n) is 6.51. The maximum atomic E-state index is 12.0. The Hall–Kier alpha value is -2.50. The smallest absolute Gasteiger partial charge is 0.270 e. The van der Waals surface area contributed by atoms with E-state index in [1.165, 1.54) is 12.1 Å². The molecule has 0 saturated carbocycles. The number of nitro groups is 1. The molecule has 21 heavy (non-hydrogen) atoms. The van der Waals surface area contributed by atoms with Crippen molar-refractivity contribution in [2.24, 2.45) is 0 Å². The predicted octanol–water partition coefficient (Wildman–Crippen LogP) is 0.310. The summed E-state index contributed by atoms with van der Waals surface area (Å²) in [5.41, 5.74) is 0.202. The molecule has 0 atom stereocenters. The average Bonchev–Trinajstić information content (AvgIpc) is 2.48. The molecular formula is C13H15N5O3. The molecule has 1 amide bonds. The highest BCUT2D eigenvalue weighted by atomic mass is 16.6. The number of nitrogens with one attached hydrogen (secondary N) is 2. The number of benzene rings is 1. The van der Waals surface area contributed by atoms with Gasteiger partial charge in [0.15, 0.2) is 0 Å². The molecule has 0 radical (unpaired) electrons. The van der Waals surface area contributed by atoms with Gasteiger partial charge in [-0.25, -0.2) is 0 Å². The lowest BCUT2D eigenvalue weighted by molar-refractivity contribution is -0.384. The predicted molar refractivity (Wildman–Crippen MR) is 75.8 cm³/mol. The van der Waals surface area contributed by atoms with Gasteiger partial charge in [0.2, 0.25) is 5.91 Å². The second kappa shape index (κ2) is 6.78. The molecule has 0 spiro atoms. The van der Waals surface area contributed by atoms with E-state index in [9.17, 15) is 14.9 Å². The maximum Gasteiger partial charge on any atom is 0.270 e. The number of non-ortho nitro benzene ring substituents is 1. The van der Waals surface area contributed by atoms with Gasteiger partial charge in [-0.05, 0) is 6.07 Å². The van der Waals surface area contributed by atoms with Crippen LogP contribution in [0.2, 0.25) is 0 Å². The van der Waals surface area contributed by atoms with Crippen LogP contribution in [0.5, 0.6) is 0 Å². The lowest BCUT2D eigenvalue weighted by Crippen LogP contribution is -2.46. The highest BCUT2D eigenvalue weighted by Crippen LogP contribution is 2.21. The van der Waals surface area contributed by atoms with Crippen molar-refractivity contribution < 1.29 is 9.72 Å². The Morgan fingerprint density at radius 3 is 2.81 bits per heavy atom. The fourth-order valence-electron chi connectivity index (χ4n) is 2.11. The van der Waals surface area contributed by atoms with Gasteiger partial charge in [0.05, 0.1) is 22.7 Å². The van der Waals surface area contributed by atoms with Crippen LogP contribution < -0.4 is 10.6 Å². The number of nitrogens with zero attached hydrogens (tertiary/aromatic N) is 3. The second-order valence-electron chi connectivity index (χ2n) is 4.67. The number of nitro benzene ring substituents is 1. The minimum absolute atomic E-state index is 0.0814. The lowest BCUT2D eigenvalue weighted by Gasteiger charge is -2.26. The number of carbonyl (C=O) groups is 1. The first kappa shape index (κ1) is 14.9. The van der Waals surface area contributed by atoms with E-state index in [2.05, 4.69) is 10.6 Å². The van der Waals surface area contributed by atoms with E-state index >= 15 is 0 Å². The summed E-state index contributed by atoms with van der Waals surface area (Å²) in [7, 11) is 0. The van der Waals surface area contributed by atoms with Crippen molar-refractivity contribution in [3.05, 3.63) is 33.9 Å². The van der Waals surface area contributed by atoms with Gasteiger partial charge in [-0.1, -0.05) is 0 Å². The molecule has 2 rings (SSSR count). The number of amides is 1. The summed E-state index contributed by atoms with van der Waals surface area (Å²) in [6, 6.07) is 5.66. The zero-order valence-corrected chi connectivity index (χ0v) is 11.3. The second-order valence-corrected chi connectivity index (χ2v) is 4.67. The van der Waals surface area contributed by atoms with E-state index in [4.69, 9.17) is 5.26 Å². The molecule has 0 aliphatic carbocycles. The van der Waals surface area contributed by atoms with Gasteiger partial charge < -0.3 is 10.6 Å². The van der Waals surface area contributed by atoms with Crippen LogP contribution in [0.3, 0.4) is 0 Å². The van der Waals surface area contributed by atoms with Gasteiger partial charge >= 0.3 is 0 Å². The fraction of sp³-hybridized carbons (Fsp3) is 0.385. The van der Waals surface area contributed by atoms with Crippen LogP contribution >= 0.6 is 0 Å². The van der Waals surface area contributed by atoms with Crippen molar-refractivity contribution in [3.63, 3.8) is 0 Å². The standard InChI is InChI=1S/C13H15N5O3/c14-8-10-7-11(18(20)21)1-2-12(10)16-13(19)9-17-5-3-15-4-6-17/h1-2,7,15H,3-6,9H2,(H,16,19). The zero-order valence-electron chi connectivity index (χ0n) is 11.3. The topological polar surface area (TPSA) is 111 Å². The summed E-state index contributed by atoms with van der Waals surface area (Å²) in [6.45, 7) is 3.50. The molecule has 8 nitrogen and oxygen atoms in total. The van der Waals surface area contributed by atoms with Crippen molar-refractivity contribution in [1.29, 1.82) is 5.26 Å². The highest BCUT2D eigenvalue weighted by Gasteiger charge is 2.16. The van der Waals surface area contributed by atoms with Crippen LogP contribution in [0, 0.1) is 21.4 Å². The van der Waals surface area contributed by atoms with Crippen LogP contribution in [0.15, 0.2) is 18.2 Å². The Bertz CT molecular complexity index is 590. The van der Waals surface area contributed by atoms with E-state index in [1.807, 2.05) is 11.0 Å². The number of rotatable bonds is 4. The molecule has 1 saturated heterocycles. The fourth-order valence-corrected chi connectivity index (χ4v) is 2.11. The lowest BCUT2D eigenvalue weighted by atomic mass is 10.1. The third-order valence-electron chi connectivity index (χ3n) is 3.19. The van der Waals surface area contributed by atoms with Crippen molar-refractivity contribution in [1.82, 2.24) is 10.2 Å². The summed E-state index contributed by atoms with van der Waals surface area (Å²) in [5, 5.41) is 25.5. The first-order chi connectivity index (χ1) is 10.1.